The summed E-state index contributed by atoms with van der Waals surface area (Å²) in [5, 5.41) is 0. The molecule has 0 aromatic carbocycles. The molecule has 11 heavy (non-hydrogen) atoms. The molecule has 1 atom stereocenters. The third kappa shape index (κ3) is 2.77. The Balaban J connectivity index is 2.37. The van der Waals surface area contributed by atoms with Gasteiger partial charge in [0.2, 0.25) is 0 Å². The zero-order chi connectivity index (χ0) is 8.32. The summed E-state index contributed by atoms with van der Waals surface area (Å²) in [5.41, 5.74) is 5.96. The van der Waals surface area contributed by atoms with Gasteiger partial charge in [-0.25, -0.2) is 0 Å². The molecule has 0 spiro atoms. The van der Waals surface area contributed by atoms with Gasteiger partial charge in [0.25, 0.3) is 0 Å². The summed E-state index contributed by atoms with van der Waals surface area (Å²) >= 11 is 0. The normalized spacial score (nSPS) is 24.0. The van der Waals surface area contributed by atoms with Crippen molar-refractivity contribution >= 4 is 0 Å². The summed E-state index contributed by atoms with van der Waals surface area (Å²) < 4.78 is 5.19. The van der Waals surface area contributed by atoms with Gasteiger partial charge in [-0.1, -0.05) is 0 Å². The van der Waals surface area contributed by atoms with E-state index in [9.17, 15) is 0 Å². The Morgan fingerprint density at radius 2 is 2.36 bits per heavy atom. The second-order valence-corrected chi connectivity index (χ2v) is 3.50. The molecule has 65 valence electrons. The average Bonchev–Trinajstić information content (AvgIpc) is 1.85. The Labute approximate surface area is 68.5 Å². The minimum Gasteiger partial charge on any atom is -0.381 e. The van der Waals surface area contributed by atoms with Gasteiger partial charge < -0.3 is 15.4 Å². The van der Waals surface area contributed by atoms with Crippen LogP contribution in [0.5, 0.6) is 0 Å². The first-order valence-electron chi connectivity index (χ1n) is 3.98. The molecule has 0 bridgehead atoms. The highest BCUT2D eigenvalue weighted by atomic mass is 16.5. The molecule has 1 aliphatic rings. The van der Waals surface area contributed by atoms with Crippen LogP contribution >= 0.6 is 0 Å². The molecule has 0 aromatic rings. The lowest BCUT2D eigenvalue weighted by Crippen LogP contribution is -2.52. The smallest absolute Gasteiger partial charge is 0.0516 e. The monoisotopic (exact) mass is 157 g/mol. The Morgan fingerprint density at radius 1 is 1.64 bits per heavy atom. The molecule has 0 aromatic heterocycles. The van der Waals surface area contributed by atoms with E-state index in [4.69, 9.17) is 10.5 Å². The lowest BCUT2D eigenvalue weighted by molar-refractivity contribution is 0.0834. The van der Waals surface area contributed by atoms with Gasteiger partial charge in [-0.05, 0) is 20.5 Å². The van der Waals surface area contributed by atoms with E-state index in [1.807, 2.05) is 14.1 Å². The Morgan fingerprint density at radius 3 is 2.82 bits per heavy atom. The van der Waals surface area contributed by atoms with Crippen LogP contribution in [0.3, 0.4) is 0 Å². The molecule has 0 aliphatic carbocycles. The van der Waals surface area contributed by atoms with Gasteiger partial charge >= 0.3 is 0 Å². The van der Waals surface area contributed by atoms with Crippen molar-refractivity contribution in [2.45, 2.75) is 12.0 Å². The molecule has 2 N–H and O–H groups in total. The number of ether oxygens (including phenoxy) is 1. The number of hydrogen-bond acceptors (Lipinski definition) is 3. The average molecular weight is 157 g/mol. The number of nitrogens with zero attached hydrogens (tertiary/aromatic N) is 1. The van der Waals surface area contributed by atoms with Crippen molar-refractivity contribution in [3.8, 4) is 0 Å². The van der Waals surface area contributed by atoms with Crippen LogP contribution in [0, 0.1) is 6.42 Å². The summed E-state index contributed by atoms with van der Waals surface area (Å²) in [7, 11) is 4.08. The minimum absolute atomic E-state index is 0.123. The van der Waals surface area contributed by atoms with Gasteiger partial charge in [-0.15, -0.1) is 0 Å². The Bertz CT molecular complexity index is 119. The first-order chi connectivity index (χ1) is 5.12. The summed E-state index contributed by atoms with van der Waals surface area (Å²) in [6.45, 7) is 2.40. The van der Waals surface area contributed by atoms with Crippen LogP contribution < -0.4 is 5.73 Å². The van der Waals surface area contributed by atoms with E-state index < -0.39 is 0 Å². The van der Waals surface area contributed by atoms with E-state index in [0.29, 0.717) is 6.61 Å². The standard InChI is InChI=1S/C8H17N2O/c1-10(2)7-8(9)3-5-11-6-4-8/h3H,4-7,9H2,1-2H3. The number of likely N-dealkylation sites (N-methyl/N-ethyl adjacent to an activating group) is 1. The molecule has 1 fully saturated rings. The fourth-order valence-corrected chi connectivity index (χ4v) is 1.40. The first kappa shape index (κ1) is 8.97. The van der Waals surface area contributed by atoms with Gasteiger partial charge in [0.15, 0.2) is 0 Å². The van der Waals surface area contributed by atoms with Crippen molar-refractivity contribution in [2.75, 3.05) is 33.9 Å². The lowest BCUT2D eigenvalue weighted by Gasteiger charge is -2.35. The van der Waals surface area contributed by atoms with Crippen LogP contribution in [0.25, 0.3) is 0 Å². The zero-order valence-corrected chi connectivity index (χ0v) is 7.34. The maximum absolute atomic E-state index is 6.08. The molecule has 0 saturated carbocycles. The van der Waals surface area contributed by atoms with E-state index in [2.05, 4.69) is 11.3 Å². The van der Waals surface area contributed by atoms with E-state index in [0.717, 1.165) is 19.6 Å². The van der Waals surface area contributed by atoms with E-state index in [-0.39, 0.29) is 5.54 Å². The minimum atomic E-state index is -0.123. The molecule has 0 amide bonds. The Kier molecular flexibility index (Phi) is 2.87. The molecule has 1 unspecified atom stereocenters. The molecular formula is C8H17N2O. The summed E-state index contributed by atoms with van der Waals surface area (Å²) in [5.74, 6) is 0. The summed E-state index contributed by atoms with van der Waals surface area (Å²) in [4.78, 5) is 2.11. The quantitative estimate of drug-likeness (QED) is 0.607. The van der Waals surface area contributed by atoms with Crippen molar-refractivity contribution in [1.29, 1.82) is 0 Å². The third-order valence-electron chi connectivity index (χ3n) is 1.93. The Hall–Kier alpha value is -0.120. The molecule has 1 rings (SSSR count). The third-order valence-corrected chi connectivity index (χ3v) is 1.93. The predicted octanol–water partition coefficient (Wildman–Crippen LogP) is -0.130. The highest BCUT2D eigenvalue weighted by Gasteiger charge is 2.28. The van der Waals surface area contributed by atoms with Crippen molar-refractivity contribution in [1.82, 2.24) is 4.90 Å². The number of nitrogens with two attached hydrogens (primary N) is 1. The van der Waals surface area contributed by atoms with E-state index >= 15 is 0 Å². The second kappa shape index (κ2) is 3.52. The predicted molar refractivity (Wildman–Crippen MR) is 45.2 cm³/mol. The van der Waals surface area contributed by atoms with Crippen LogP contribution in [-0.4, -0.2) is 44.3 Å². The molecule has 3 heteroatoms. The summed E-state index contributed by atoms with van der Waals surface area (Å²) in [6.07, 6.45) is 3.00. The van der Waals surface area contributed by atoms with Gasteiger partial charge in [0.05, 0.1) is 6.61 Å². The molecule has 1 aliphatic heterocycles. The van der Waals surface area contributed by atoms with Gasteiger partial charge in [0.1, 0.15) is 0 Å². The second-order valence-electron chi connectivity index (χ2n) is 3.50. The zero-order valence-electron chi connectivity index (χ0n) is 7.34. The van der Waals surface area contributed by atoms with Gasteiger partial charge in [-0.2, -0.15) is 0 Å². The fraction of sp³-hybridized carbons (Fsp3) is 0.875. The SMILES string of the molecule is CN(C)CC1(N)[CH]COCC1. The molecule has 3 nitrogen and oxygen atoms in total. The fourth-order valence-electron chi connectivity index (χ4n) is 1.40. The van der Waals surface area contributed by atoms with Crippen LogP contribution in [0.15, 0.2) is 0 Å². The highest BCUT2D eigenvalue weighted by molar-refractivity contribution is 5.01. The first-order valence-corrected chi connectivity index (χ1v) is 3.98. The number of hydrogen-bond donors (Lipinski definition) is 1. The molecule has 1 saturated heterocycles. The van der Waals surface area contributed by atoms with Crippen LogP contribution in [0.2, 0.25) is 0 Å². The summed E-state index contributed by atoms with van der Waals surface area (Å²) in [6, 6.07) is 0. The van der Waals surface area contributed by atoms with Crippen molar-refractivity contribution in [3.05, 3.63) is 6.42 Å². The van der Waals surface area contributed by atoms with Crippen LogP contribution in [-0.2, 0) is 4.74 Å². The maximum Gasteiger partial charge on any atom is 0.0516 e. The van der Waals surface area contributed by atoms with Crippen LogP contribution in [0.4, 0.5) is 0 Å². The number of rotatable bonds is 2. The molecule has 1 radical (unpaired) electrons. The van der Waals surface area contributed by atoms with Gasteiger partial charge in [-0.3, -0.25) is 0 Å². The van der Waals surface area contributed by atoms with Crippen molar-refractivity contribution in [3.63, 3.8) is 0 Å². The molecule has 1 heterocycles. The highest BCUT2D eigenvalue weighted by Crippen LogP contribution is 2.16. The van der Waals surface area contributed by atoms with Gasteiger partial charge in [0, 0.05) is 25.1 Å². The lowest BCUT2D eigenvalue weighted by atomic mass is 9.91. The van der Waals surface area contributed by atoms with Crippen LogP contribution in [0.1, 0.15) is 6.42 Å². The van der Waals surface area contributed by atoms with E-state index in [1.165, 1.54) is 0 Å². The topological polar surface area (TPSA) is 38.5 Å². The maximum atomic E-state index is 6.08. The van der Waals surface area contributed by atoms with Crippen molar-refractivity contribution in [2.24, 2.45) is 5.73 Å². The molecular weight excluding hydrogens is 140 g/mol. The van der Waals surface area contributed by atoms with Crippen molar-refractivity contribution < 1.29 is 4.74 Å². The largest absolute Gasteiger partial charge is 0.381 e. The van der Waals surface area contributed by atoms with E-state index in [1.54, 1.807) is 0 Å².